The summed E-state index contributed by atoms with van der Waals surface area (Å²) in [5.74, 6) is -0.788. The van der Waals surface area contributed by atoms with Gasteiger partial charge in [0, 0.05) is 29.1 Å². The van der Waals surface area contributed by atoms with Crippen molar-refractivity contribution < 1.29 is 18.0 Å². The van der Waals surface area contributed by atoms with E-state index in [9.17, 15) is 18.0 Å². The van der Waals surface area contributed by atoms with Gasteiger partial charge in [-0.2, -0.15) is 0 Å². The summed E-state index contributed by atoms with van der Waals surface area (Å²) in [6.45, 7) is 1.46. The maximum absolute atomic E-state index is 14.3. The first kappa shape index (κ1) is 31.9. The number of hydrogen-bond acceptors (Lipinski definition) is 4. The normalized spacial score (nSPS) is 14.4. The van der Waals surface area contributed by atoms with Gasteiger partial charge >= 0.3 is 0 Å². The molecule has 4 rings (SSSR count). The molecule has 1 atom stereocenters. The van der Waals surface area contributed by atoms with Crippen LogP contribution < -0.4 is 9.62 Å². The Morgan fingerprint density at radius 2 is 1.62 bits per heavy atom. The number of hydrogen-bond donors (Lipinski definition) is 1. The van der Waals surface area contributed by atoms with Crippen molar-refractivity contribution in [3.8, 4) is 0 Å². The monoisotopic (exact) mass is 629 g/mol. The number of sulfonamides is 1. The molecule has 1 N–H and O–H groups in total. The van der Waals surface area contributed by atoms with Gasteiger partial charge in [-0.1, -0.05) is 97.6 Å². The summed E-state index contributed by atoms with van der Waals surface area (Å²) in [5.41, 5.74) is 2.71. The lowest BCUT2D eigenvalue weighted by atomic mass is 10.0. The molecule has 0 saturated heterocycles. The van der Waals surface area contributed by atoms with E-state index in [2.05, 4.69) is 5.32 Å². The van der Waals surface area contributed by atoms with Crippen LogP contribution in [0.25, 0.3) is 0 Å². The number of para-hydroxylation sites is 1. The van der Waals surface area contributed by atoms with Gasteiger partial charge in [0.2, 0.25) is 21.8 Å². The second-order valence-electron chi connectivity index (χ2n) is 10.7. The summed E-state index contributed by atoms with van der Waals surface area (Å²) in [4.78, 5) is 29.7. The van der Waals surface area contributed by atoms with Gasteiger partial charge in [0.1, 0.15) is 12.6 Å². The van der Waals surface area contributed by atoms with Crippen molar-refractivity contribution in [3.05, 3.63) is 99.5 Å². The molecule has 0 bridgehead atoms. The zero-order chi connectivity index (χ0) is 30.3. The molecule has 3 aromatic carbocycles. The van der Waals surface area contributed by atoms with Crippen LogP contribution in [0.2, 0.25) is 10.0 Å². The van der Waals surface area contributed by atoms with Crippen LogP contribution in [0.3, 0.4) is 0 Å². The lowest BCUT2D eigenvalue weighted by Gasteiger charge is -2.34. The third-order valence-electron chi connectivity index (χ3n) is 7.65. The highest BCUT2D eigenvalue weighted by atomic mass is 35.5. The first-order valence-electron chi connectivity index (χ1n) is 14.2. The molecule has 10 heteroatoms. The van der Waals surface area contributed by atoms with Crippen LogP contribution in [0.5, 0.6) is 0 Å². The molecule has 1 aliphatic rings. The van der Waals surface area contributed by atoms with E-state index >= 15 is 0 Å². The maximum Gasteiger partial charge on any atom is 0.244 e. The molecule has 0 spiro atoms. The highest BCUT2D eigenvalue weighted by Gasteiger charge is 2.34. The van der Waals surface area contributed by atoms with Crippen molar-refractivity contribution in [2.24, 2.45) is 0 Å². The van der Waals surface area contributed by atoms with E-state index in [1.54, 1.807) is 30.3 Å². The lowest BCUT2D eigenvalue weighted by Crippen LogP contribution is -2.54. The zero-order valence-electron chi connectivity index (χ0n) is 23.9. The molecule has 3 aromatic rings. The predicted octanol–water partition coefficient (Wildman–Crippen LogP) is 6.02. The fourth-order valence-electron chi connectivity index (χ4n) is 5.40. The molecule has 0 aromatic heterocycles. The molecule has 0 heterocycles. The summed E-state index contributed by atoms with van der Waals surface area (Å²) in [5, 5.41) is 3.96. The molecule has 0 radical (unpaired) electrons. The summed E-state index contributed by atoms with van der Waals surface area (Å²) in [7, 11) is -3.85. The van der Waals surface area contributed by atoms with Crippen LogP contribution in [-0.2, 0) is 39.0 Å². The number of benzene rings is 3. The van der Waals surface area contributed by atoms with E-state index in [0.717, 1.165) is 47.4 Å². The van der Waals surface area contributed by atoms with Gasteiger partial charge in [0.05, 0.1) is 11.9 Å². The second-order valence-corrected chi connectivity index (χ2v) is 13.5. The van der Waals surface area contributed by atoms with E-state index in [0.29, 0.717) is 27.7 Å². The number of nitrogens with one attached hydrogen (secondary N) is 1. The van der Waals surface area contributed by atoms with Crippen LogP contribution in [0.1, 0.15) is 49.3 Å². The Bertz CT molecular complexity index is 1490. The van der Waals surface area contributed by atoms with Crippen LogP contribution >= 0.6 is 23.2 Å². The number of amides is 2. The average molecular weight is 631 g/mol. The number of carbonyl (C=O) groups excluding carboxylic acids is 2. The minimum absolute atomic E-state index is 0.00253. The van der Waals surface area contributed by atoms with Crippen molar-refractivity contribution in [2.75, 3.05) is 17.1 Å². The molecule has 2 amide bonds. The highest BCUT2D eigenvalue weighted by molar-refractivity contribution is 7.92. The van der Waals surface area contributed by atoms with Crippen LogP contribution in [0.15, 0.2) is 72.8 Å². The average Bonchev–Trinajstić information content (AvgIpc) is 3.47. The standard InChI is InChI=1S/C32H37Cl2N3O4S/c1-3-24-13-7-10-16-29(24)37(42(2,40)41)22-31(38)36(21-25-17-18-26(33)20-28(25)34)30(19-23-11-5-4-6-12-23)32(39)35-27-14-8-9-15-27/h4-7,10-13,16-18,20,27,30H,3,8-9,14-15,19,21-22H2,1-2H3,(H,35,39)/t30-/m0/s1. The van der Waals surface area contributed by atoms with Crippen LogP contribution in [-0.4, -0.2) is 50.0 Å². The Labute approximate surface area is 258 Å². The quantitative estimate of drug-likeness (QED) is 0.265. The molecule has 0 unspecified atom stereocenters. The summed E-state index contributed by atoms with van der Waals surface area (Å²) < 4.78 is 27.3. The first-order valence-corrected chi connectivity index (χ1v) is 16.8. The molecule has 42 heavy (non-hydrogen) atoms. The van der Waals surface area contributed by atoms with E-state index < -0.39 is 28.5 Å². The Morgan fingerprint density at radius 1 is 0.952 bits per heavy atom. The minimum Gasteiger partial charge on any atom is -0.352 e. The third kappa shape index (κ3) is 8.27. The number of halogens is 2. The molecular weight excluding hydrogens is 593 g/mol. The number of carbonyl (C=O) groups is 2. The van der Waals surface area contributed by atoms with Gasteiger partial charge in [-0.25, -0.2) is 8.42 Å². The van der Waals surface area contributed by atoms with E-state index in [-0.39, 0.29) is 24.9 Å². The lowest BCUT2D eigenvalue weighted by molar-refractivity contribution is -0.140. The second kappa shape index (κ2) is 14.4. The van der Waals surface area contributed by atoms with Crippen LogP contribution in [0.4, 0.5) is 5.69 Å². The third-order valence-corrected chi connectivity index (χ3v) is 9.36. The minimum atomic E-state index is -3.85. The Kier molecular flexibility index (Phi) is 10.9. The zero-order valence-corrected chi connectivity index (χ0v) is 26.3. The summed E-state index contributed by atoms with van der Waals surface area (Å²) >= 11 is 12.7. The highest BCUT2D eigenvalue weighted by Crippen LogP contribution is 2.27. The van der Waals surface area contributed by atoms with Crippen molar-refractivity contribution in [1.29, 1.82) is 0 Å². The smallest absolute Gasteiger partial charge is 0.244 e. The first-order chi connectivity index (χ1) is 20.1. The summed E-state index contributed by atoms with van der Waals surface area (Å²) in [6, 6.07) is 20.7. The molecule has 7 nitrogen and oxygen atoms in total. The van der Waals surface area contributed by atoms with Gasteiger partial charge in [0.15, 0.2) is 0 Å². The topological polar surface area (TPSA) is 86.8 Å². The molecule has 1 saturated carbocycles. The van der Waals surface area contributed by atoms with E-state index in [4.69, 9.17) is 23.2 Å². The Morgan fingerprint density at radius 3 is 2.26 bits per heavy atom. The van der Waals surface area contributed by atoms with Gasteiger partial charge in [-0.05, 0) is 54.2 Å². The number of aryl methyl sites for hydroxylation is 1. The largest absolute Gasteiger partial charge is 0.352 e. The molecule has 0 aliphatic heterocycles. The number of nitrogens with zero attached hydrogens (tertiary/aromatic N) is 2. The van der Waals surface area contributed by atoms with E-state index in [1.807, 2.05) is 49.4 Å². The SMILES string of the molecule is CCc1ccccc1N(CC(=O)N(Cc1ccc(Cl)cc1Cl)[C@@H](Cc1ccccc1)C(=O)NC1CCCC1)S(C)(=O)=O. The Hall–Kier alpha value is -3.07. The van der Waals surface area contributed by atoms with Gasteiger partial charge in [0.25, 0.3) is 0 Å². The Balaban J connectivity index is 1.76. The van der Waals surface area contributed by atoms with Gasteiger partial charge < -0.3 is 10.2 Å². The molecular formula is C32H37Cl2N3O4S. The maximum atomic E-state index is 14.3. The van der Waals surface area contributed by atoms with Crippen LogP contribution in [0, 0.1) is 0 Å². The van der Waals surface area contributed by atoms with Gasteiger partial charge in [-0.3, -0.25) is 13.9 Å². The fourth-order valence-corrected chi connectivity index (χ4v) is 6.75. The molecule has 1 aliphatic carbocycles. The van der Waals surface area contributed by atoms with Crippen molar-refractivity contribution in [2.45, 2.75) is 64.1 Å². The van der Waals surface area contributed by atoms with E-state index in [1.165, 1.54) is 4.90 Å². The molecule has 224 valence electrons. The summed E-state index contributed by atoms with van der Waals surface area (Å²) in [6.07, 6.45) is 5.77. The van der Waals surface area contributed by atoms with Crippen molar-refractivity contribution in [1.82, 2.24) is 10.2 Å². The predicted molar refractivity (Wildman–Crippen MR) is 169 cm³/mol. The number of rotatable bonds is 12. The fraction of sp³-hybridized carbons (Fsp3) is 0.375. The van der Waals surface area contributed by atoms with Crippen molar-refractivity contribution in [3.63, 3.8) is 0 Å². The molecule has 1 fully saturated rings. The van der Waals surface area contributed by atoms with Crippen molar-refractivity contribution >= 4 is 50.7 Å². The number of anilines is 1. The van der Waals surface area contributed by atoms with Gasteiger partial charge in [-0.15, -0.1) is 0 Å².